The molecule has 0 aliphatic carbocycles. The lowest BCUT2D eigenvalue weighted by Crippen LogP contribution is -2.44. The maximum Gasteiger partial charge on any atom is 0.249 e. The molecule has 2 fully saturated rings. The Morgan fingerprint density at radius 3 is 2.68 bits per heavy atom. The van der Waals surface area contributed by atoms with Crippen LogP contribution >= 0.6 is 0 Å². The average molecular weight is 302 g/mol. The molecule has 0 bridgehead atoms. The first-order valence-electron chi connectivity index (χ1n) is 8.34. The first-order valence-corrected chi connectivity index (χ1v) is 8.34. The summed E-state index contributed by atoms with van der Waals surface area (Å²) in [4.78, 5) is 14.7. The van der Waals surface area contributed by atoms with Crippen molar-refractivity contribution in [3.05, 3.63) is 35.9 Å². The second kappa shape index (κ2) is 6.80. The normalized spacial score (nSPS) is 32.3. The number of carbonyl (C=O) groups excluding carboxylic acids is 1. The molecular formula is C18H26N2O2. The highest BCUT2D eigenvalue weighted by Gasteiger charge is 2.34. The van der Waals surface area contributed by atoms with E-state index in [1.54, 1.807) is 0 Å². The summed E-state index contributed by atoms with van der Waals surface area (Å²) in [6.45, 7) is 7.15. The molecule has 3 rings (SSSR count). The van der Waals surface area contributed by atoms with Gasteiger partial charge in [0, 0.05) is 25.7 Å². The lowest BCUT2D eigenvalue weighted by atomic mass is 10.1. The van der Waals surface area contributed by atoms with Gasteiger partial charge < -0.3 is 10.1 Å². The highest BCUT2D eigenvalue weighted by Crippen LogP contribution is 2.22. The second-order valence-electron chi connectivity index (χ2n) is 6.78. The van der Waals surface area contributed by atoms with Crippen molar-refractivity contribution >= 4 is 5.91 Å². The van der Waals surface area contributed by atoms with E-state index in [-0.39, 0.29) is 24.2 Å². The fourth-order valence-corrected chi connectivity index (χ4v) is 3.50. The van der Waals surface area contributed by atoms with Crippen LogP contribution in [0.1, 0.15) is 32.3 Å². The van der Waals surface area contributed by atoms with Gasteiger partial charge in [-0.15, -0.1) is 0 Å². The van der Waals surface area contributed by atoms with Crippen LogP contribution in [0.4, 0.5) is 0 Å². The summed E-state index contributed by atoms with van der Waals surface area (Å²) in [6.07, 6.45) is 1.80. The molecule has 120 valence electrons. The fraction of sp³-hybridized carbons (Fsp3) is 0.611. The number of amides is 1. The van der Waals surface area contributed by atoms with Crippen molar-refractivity contribution in [3.8, 4) is 0 Å². The Morgan fingerprint density at radius 1 is 1.23 bits per heavy atom. The molecule has 0 spiro atoms. The number of likely N-dealkylation sites (tertiary alicyclic amines) is 1. The molecule has 0 unspecified atom stereocenters. The van der Waals surface area contributed by atoms with Gasteiger partial charge in [0.1, 0.15) is 6.10 Å². The molecule has 4 nitrogen and oxygen atoms in total. The molecule has 2 aliphatic rings. The zero-order valence-electron chi connectivity index (χ0n) is 13.5. The van der Waals surface area contributed by atoms with Crippen molar-refractivity contribution in [1.82, 2.24) is 10.2 Å². The fourth-order valence-electron chi connectivity index (χ4n) is 3.50. The van der Waals surface area contributed by atoms with Crippen molar-refractivity contribution in [2.45, 2.75) is 51.5 Å². The van der Waals surface area contributed by atoms with Crippen LogP contribution in [0.15, 0.2) is 30.3 Å². The Morgan fingerprint density at radius 2 is 2.00 bits per heavy atom. The van der Waals surface area contributed by atoms with Gasteiger partial charge in [-0.25, -0.2) is 0 Å². The third-order valence-corrected chi connectivity index (χ3v) is 4.79. The van der Waals surface area contributed by atoms with Crippen LogP contribution in [0.2, 0.25) is 0 Å². The number of rotatable bonds is 4. The van der Waals surface area contributed by atoms with Gasteiger partial charge in [0.25, 0.3) is 0 Å². The van der Waals surface area contributed by atoms with Crippen LogP contribution in [0.25, 0.3) is 0 Å². The number of hydrogen-bond donors (Lipinski definition) is 1. The Kier molecular flexibility index (Phi) is 4.79. The van der Waals surface area contributed by atoms with Gasteiger partial charge >= 0.3 is 0 Å². The standard InChI is InChI=1S/C18H26N2O2/c1-13-10-20(11-15-6-4-3-5-7-15)12-16(13)19-18(21)17-9-8-14(2)22-17/h3-7,13-14,16-17H,8-12H2,1-2H3,(H,19,21)/t13-,14-,16+,17-/m1/s1. The first kappa shape index (κ1) is 15.5. The highest BCUT2D eigenvalue weighted by molar-refractivity contribution is 5.81. The first-order chi connectivity index (χ1) is 10.6. The summed E-state index contributed by atoms with van der Waals surface area (Å²) < 4.78 is 5.67. The molecule has 4 atom stereocenters. The SMILES string of the molecule is C[C@@H]1CC[C@H](C(=O)N[C@H]2CN(Cc3ccccc3)C[C@H]2C)O1. The topological polar surface area (TPSA) is 41.6 Å². The molecule has 0 radical (unpaired) electrons. The zero-order valence-corrected chi connectivity index (χ0v) is 13.5. The van der Waals surface area contributed by atoms with Gasteiger partial charge in [0.05, 0.1) is 6.10 Å². The Bertz CT molecular complexity index is 505. The average Bonchev–Trinajstić information content (AvgIpc) is 3.07. The molecule has 0 saturated carbocycles. The monoisotopic (exact) mass is 302 g/mol. The van der Waals surface area contributed by atoms with Gasteiger partial charge in [0.15, 0.2) is 0 Å². The van der Waals surface area contributed by atoms with Crippen molar-refractivity contribution in [2.75, 3.05) is 13.1 Å². The molecule has 2 saturated heterocycles. The molecule has 4 heteroatoms. The van der Waals surface area contributed by atoms with Crippen LogP contribution in [0.5, 0.6) is 0 Å². The van der Waals surface area contributed by atoms with Gasteiger partial charge in [-0.2, -0.15) is 0 Å². The van der Waals surface area contributed by atoms with E-state index in [4.69, 9.17) is 4.74 Å². The van der Waals surface area contributed by atoms with Crippen molar-refractivity contribution in [3.63, 3.8) is 0 Å². The minimum absolute atomic E-state index is 0.0720. The van der Waals surface area contributed by atoms with E-state index >= 15 is 0 Å². The molecule has 2 heterocycles. The van der Waals surface area contributed by atoms with Crippen molar-refractivity contribution < 1.29 is 9.53 Å². The maximum absolute atomic E-state index is 12.3. The summed E-state index contributed by atoms with van der Waals surface area (Å²) in [6, 6.07) is 10.7. The summed E-state index contributed by atoms with van der Waals surface area (Å²) >= 11 is 0. The third kappa shape index (κ3) is 3.68. The Hall–Kier alpha value is -1.39. The number of carbonyl (C=O) groups is 1. The number of ether oxygens (including phenoxy) is 1. The van der Waals surface area contributed by atoms with E-state index in [1.807, 2.05) is 13.0 Å². The molecule has 0 aromatic heterocycles. The van der Waals surface area contributed by atoms with Gasteiger partial charge in [-0.05, 0) is 31.2 Å². The van der Waals surface area contributed by atoms with E-state index in [9.17, 15) is 4.79 Å². The van der Waals surface area contributed by atoms with Crippen molar-refractivity contribution in [1.29, 1.82) is 0 Å². The largest absolute Gasteiger partial charge is 0.365 e. The predicted octanol–water partition coefficient (Wildman–Crippen LogP) is 2.19. The van der Waals surface area contributed by atoms with E-state index in [0.717, 1.165) is 32.5 Å². The predicted molar refractivity (Wildman–Crippen MR) is 86.4 cm³/mol. The highest BCUT2D eigenvalue weighted by atomic mass is 16.5. The molecule has 22 heavy (non-hydrogen) atoms. The van der Waals surface area contributed by atoms with Crippen LogP contribution in [-0.2, 0) is 16.1 Å². The summed E-state index contributed by atoms with van der Waals surface area (Å²) in [5.74, 6) is 0.550. The summed E-state index contributed by atoms with van der Waals surface area (Å²) in [5, 5.41) is 3.20. The molecule has 1 aromatic rings. The summed E-state index contributed by atoms with van der Waals surface area (Å²) in [7, 11) is 0. The van der Waals surface area contributed by atoms with Gasteiger partial charge in [-0.3, -0.25) is 9.69 Å². The number of hydrogen-bond acceptors (Lipinski definition) is 3. The number of nitrogens with zero attached hydrogens (tertiary/aromatic N) is 1. The molecular weight excluding hydrogens is 276 g/mol. The smallest absolute Gasteiger partial charge is 0.249 e. The van der Waals surface area contributed by atoms with Crippen LogP contribution in [0, 0.1) is 5.92 Å². The number of benzene rings is 1. The molecule has 2 aliphatic heterocycles. The van der Waals surface area contributed by atoms with Crippen LogP contribution in [-0.4, -0.2) is 42.1 Å². The minimum Gasteiger partial charge on any atom is -0.365 e. The van der Waals surface area contributed by atoms with Crippen LogP contribution < -0.4 is 5.32 Å². The van der Waals surface area contributed by atoms with Gasteiger partial charge in [0.2, 0.25) is 5.91 Å². The second-order valence-corrected chi connectivity index (χ2v) is 6.78. The van der Waals surface area contributed by atoms with Gasteiger partial charge in [-0.1, -0.05) is 37.3 Å². The minimum atomic E-state index is -0.245. The molecule has 1 N–H and O–H groups in total. The Labute approximate surface area is 132 Å². The van der Waals surface area contributed by atoms with Crippen molar-refractivity contribution in [2.24, 2.45) is 5.92 Å². The third-order valence-electron chi connectivity index (χ3n) is 4.79. The van der Waals surface area contributed by atoms with E-state index in [0.29, 0.717) is 5.92 Å². The lowest BCUT2D eigenvalue weighted by molar-refractivity contribution is -0.132. The van der Waals surface area contributed by atoms with Crippen LogP contribution in [0.3, 0.4) is 0 Å². The molecule has 1 aromatic carbocycles. The van der Waals surface area contributed by atoms with E-state index in [1.165, 1.54) is 5.56 Å². The zero-order chi connectivity index (χ0) is 15.5. The molecule has 1 amide bonds. The quantitative estimate of drug-likeness (QED) is 0.927. The summed E-state index contributed by atoms with van der Waals surface area (Å²) in [5.41, 5.74) is 1.33. The lowest BCUT2D eigenvalue weighted by Gasteiger charge is -2.20. The van der Waals surface area contributed by atoms with E-state index in [2.05, 4.69) is 41.4 Å². The Balaban J connectivity index is 1.51. The van der Waals surface area contributed by atoms with E-state index < -0.39 is 0 Å². The number of nitrogens with one attached hydrogen (secondary N) is 1. The maximum atomic E-state index is 12.3.